The second kappa shape index (κ2) is 8.97. The van der Waals surface area contributed by atoms with Gasteiger partial charge in [-0.25, -0.2) is 14.2 Å². The third-order valence-electron chi connectivity index (χ3n) is 5.07. The molecule has 3 aromatic rings. The minimum atomic E-state index is -0.743. The lowest BCUT2D eigenvalue weighted by molar-refractivity contribution is -0.147. The molecule has 0 aliphatic carbocycles. The molecule has 7 nitrogen and oxygen atoms in total. The van der Waals surface area contributed by atoms with Crippen LogP contribution < -0.4 is 11.4 Å². The number of aromatic nitrogens is 3. The van der Waals surface area contributed by atoms with Gasteiger partial charge in [-0.1, -0.05) is 44.5 Å². The van der Waals surface area contributed by atoms with Crippen LogP contribution >= 0.6 is 11.6 Å². The molecule has 3 N–H and O–H groups in total. The molecule has 30 heavy (non-hydrogen) atoms. The minimum absolute atomic E-state index is 0.0298. The van der Waals surface area contributed by atoms with Crippen molar-refractivity contribution in [3.05, 3.63) is 51.8 Å². The van der Waals surface area contributed by atoms with Crippen LogP contribution in [0.25, 0.3) is 22.3 Å². The van der Waals surface area contributed by atoms with E-state index in [1.54, 1.807) is 12.1 Å². The molecule has 2 atom stereocenters. The number of carbonyl (C=O) groups excluding carboxylic acids is 1. The van der Waals surface area contributed by atoms with Gasteiger partial charge in [0.25, 0.3) is 0 Å². The van der Waals surface area contributed by atoms with Gasteiger partial charge in [0.05, 0.1) is 16.6 Å². The van der Waals surface area contributed by atoms with E-state index < -0.39 is 23.7 Å². The van der Waals surface area contributed by atoms with Crippen molar-refractivity contribution in [2.24, 2.45) is 11.7 Å². The molecule has 0 radical (unpaired) electrons. The Morgan fingerprint density at radius 2 is 2.00 bits per heavy atom. The Kier molecular flexibility index (Phi) is 6.58. The summed E-state index contributed by atoms with van der Waals surface area (Å²) in [6.07, 6.45) is 1.94. The SMILES string of the molecule is CC[C@@H](COC(=O)[C@@H](N)C(C)C)n1c(=O)[nH]c2ncc(Cl)c(-c3ccc(F)cc3)c21. The number of nitrogens with zero attached hydrogens (tertiary/aromatic N) is 2. The Hall–Kier alpha value is -2.71. The van der Waals surface area contributed by atoms with Crippen LogP contribution in [0.15, 0.2) is 35.3 Å². The predicted molar refractivity (Wildman–Crippen MR) is 114 cm³/mol. The van der Waals surface area contributed by atoms with Crippen molar-refractivity contribution in [2.75, 3.05) is 6.61 Å². The summed E-state index contributed by atoms with van der Waals surface area (Å²) in [4.78, 5) is 31.9. The molecule has 0 fully saturated rings. The number of rotatable bonds is 7. The van der Waals surface area contributed by atoms with Crippen molar-refractivity contribution in [2.45, 2.75) is 39.3 Å². The number of ether oxygens (including phenoxy) is 1. The number of fused-ring (bicyclic) bond motifs is 1. The van der Waals surface area contributed by atoms with Gasteiger partial charge in [0.2, 0.25) is 0 Å². The molecule has 9 heteroatoms. The highest BCUT2D eigenvalue weighted by Crippen LogP contribution is 2.34. The number of imidazole rings is 1. The van der Waals surface area contributed by atoms with Crippen LogP contribution in [0, 0.1) is 11.7 Å². The fourth-order valence-corrected chi connectivity index (χ4v) is 3.48. The first-order chi connectivity index (χ1) is 14.2. The van der Waals surface area contributed by atoms with Gasteiger partial charge < -0.3 is 10.5 Å². The molecule has 0 saturated carbocycles. The van der Waals surface area contributed by atoms with E-state index in [0.29, 0.717) is 33.7 Å². The molecule has 1 aromatic carbocycles. The molecule has 0 aliphatic rings. The van der Waals surface area contributed by atoms with E-state index in [9.17, 15) is 14.0 Å². The van der Waals surface area contributed by atoms with Crippen molar-refractivity contribution in [1.29, 1.82) is 0 Å². The third-order valence-corrected chi connectivity index (χ3v) is 5.36. The van der Waals surface area contributed by atoms with Gasteiger partial charge in [-0.2, -0.15) is 0 Å². The largest absolute Gasteiger partial charge is 0.462 e. The van der Waals surface area contributed by atoms with Crippen molar-refractivity contribution in [3.63, 3.8) is 0 Å². The zero-order chi connectivity index (χ0) is 22.0. The highest BCUT2D eigenvalue weighted by atomic mass is 35.5. The van der Waals surface area contributed by atoms with Crippen LogP contribution in [0.3, 0.4) is 0 Å². The fourth-order valence-electron chi connectivity index (χ4n) is 3.23. The number of pyridine rings is 1. The van der Waals surface area contributed by atoms with E-state index in [1.165, 1.54) is 22.9 Å². The number of nitrogens with one attached hydrogen (secondary N) is 1. The molecule has 0 aliphatic heterocycles. The number of aromatic amines is 1. The second-order valence-electron chi connectivity index (χ2n) is 7.45. The number of nitrogens with two attached hydrogens (primary N) is 1. The zero-order valence-corrected chi connectivity index (χ0v) is 17.7. The second-order valence-corrected chi connectivity index (χ2v) is 7.85. The fraction of sp³-hybridized carbons (Fsp3) is 0.381. The Bertz CT molecular complexity index is 1110. The monoisotopic (exact) mass is 434 g/mol. The zero-order valence-electron chi connectivity index (χ0n) is 17.0. The lowest BCUT2D eigenvalue weighted by Crippen LogP contribution is -2.38. The van der Waals surface area contributed by atoms with Gasteiger partial charge in [0.1, 0.15) is 18.5 Å². The van der Waals surface area contributed by atoms with Crippen LogP contribution in [0.1, 0.15) is 33.2 Å². The smallest absolute Gasteiger partial charge is 0.328 e. The summed E-state index contributed by atoms with van der Waals surface area (Å²) in [6.45, 7) is 5.51. The molecule has 0 unspecified atom stereocenters. The van der Waals surface area contributed by atoms with Crippen LogP contribution in [0.2, 0.25) is 5.02 Å². The molecule has 0 amide bonds. The number of esters is 1. The number of hydrogen-bond acceptors (Lipinski definition) is 5. The van der Waals surface area contributed by atoms with Crippen LogP contribution in [-0.2, 0) is 9.53 Å². The molecule has 0 saturated heterocycles. The van der Waals surface area contributed by atoms with Gasteiger partial charge >= 0.3 is 11.7 Å². The van der Waals surface area contributed by atoms with E-state index in [0.717, 1.165) is 0 Å². The minimum Gasteiger partial charge on any atom is -0.462 e. The highest BCUT2D eigenvalue weighted by molar-refractivity contribution is 6.34. The summed E-state index contributed by atoms with van der Waals surface area (Å²) < 4.78 is 20.3. The van der Waals surface area contributed by atoms with Crippen LogP contribution in [-0.4, -0.2) is 33.2 Å². The molecule has 0 spiro atoms. The van der Waals surface area contributed by atoms with Crippen molar-refractivity contribution in [1.82, 2.24) is 14.5 Å². The average molecular weight is 435 g/mol. The summed E-state index contributed by atoms with van der Waals surface area (Å²) in [5.74, 6) is -0.973. The normalized spacial score (nSPS) is 13.6. The summed E-state index contributed by atoms with van der Waals surface area (Å²) in [7, 11) is 0. The number of H-pyrrole nitrogens is 1. The summed E-state index contributed by atoms with van der Waals surface area (Å²) >= 11 is 6.42. The molecule has 2 heterocycles. The Morgan fingerprint density at radius 3 is 2.60 bits per heavy atom. The average Bonchev–Trinajstić information content (AvgIpc) is 3.04. The quantitative estimate of drug-likeness (QED) is 0.552. The molecule has 160 valence electrons. The molecule has 2 aromatic heterocycles. The molecular formula is C21H24ClFN4O3. The maximum absolute atomic E-state index is 13.4. The number of halogens is 2. The van der Waals surface area contributed by atoms with Crippen molar-refractivity contribution in [3.8, 4) is 11.1 Å². The van der Waals surface area contributed by atoms with Crippen LogP contribution in [0.4, 0.5) is 4.39 Å². The molecule has 3 rings (SSSR count). The predicted octanol–water partition coefficient (Wildman–Crippen LogP) is 3.66. The van der Waals surface area contributed by atoms with Crippen LogP contribution in [0.5, 0.6) is 0 Å². The first-order valence-corrected chi connectivity index (χ1v) is 10.1. The number of hydrogen-bond donors (Lipinski definition) is 2. The Morgan fingerprint density at radius 1 is 1.33 bits per heavy atom. The van der Waals surface area contributed by atoms with Gasteiger partial charge in [0, 0.05) is 11.8 Å². The summed E-state index contributed by atoms with van der Waals surface area (Å²) in [5, 5.41) is 0.315. The maximum Gasteiger partial charge on any atom is 0.328 e. The number of benzene rings is 1. The lowest BCUT2D eigenvalue weighted by Gasteiger charge is -2.20. The number of carbonyl (C=O) groups is 1. The topological polar surface area (TPSA) is 103 Å². The van der Waals surface area contributed by atoms with E-state index in [-0.39, 0.29) is 18.3 Å². The van der Waals surface area contributed by atoms with E-state index in [1.807, 2.05) is 20.8 Å². The summed E-state index contributed by atoms with van der Waals surface area (Å²) in [6, 6.07) is 4.60. The maximum atomic E-state index is 13.4. The van der Waals surface area contributed by atoms with E-state index in [4.69, 9.17) is 22.1 Å². The lowest BCUT2D eigenvalue weighted by atomic mass is 10.0. The van der Waals surface area contributed by atoms with E-state index >= 15 is 0 Å². The summed E-state index contributed by atoms with van der Waals surface area (Å²) in [5.41, 5.74) is 7.44. The molecule has 0 bridgehead atoms. The molecular weight excluding hydrogens is 411 g/mol. The van der Waals surface area contributed by atoms with Crippen molar-refractivity contribution >= 4 is 28.7 Å². The first-order valence-electron chi connectivity index (χ1n) is 9.71. The Labute approximate surface area is 178 Å². The van der Waals surface area contributed by atoms with Crippen molar-refractivity contribution < 1.29 is 13.9 Å². The highest BCUT2D eigenvalue weighted by Gasteiger charge is 2.25. The van der Waals surface area contributed by atoms with E-state index in [2.05, 4.69) is 9.97 Å². The Balaban J connectivity index is 2.07. The first kappa shape index (κ1) is 22.0. The third kappa shape index (κ3) is 4.24. The standard InChI is InChI=1S/C21H24ClFN4O3/c1-4-14(10-30-20(28)17(24)11(2)3)27-18-16(12-5-7-13(23)8-6-12)15(22)9-25-19(18)26-21(27)29/h5-9,11,14,17H,4,10,24H2,1-3H3,(H,25,26,29)/t14-,17-/m0/s1. The van der Waals surface area contributed by atoms with Gasteiger partial charge in [-0.05, 0) is 30.0 Å². The van der Waals surface area contributed by atoms with Gasteiger partial charge in [-0.15, -0.1) is 0 Å². The van der Waals surface area contributed by atoms with Gasteiger partial charge in [-0.3, -0.25) is 14.3 Å². The van der Waals surface area contributed by atoms with Gasteiger partial charge in [0.15, 0.2) is 5.65 Å².